The number of aromatic nitrogens is 1. The highest BCUT2D eigenvalue weighted by molar-refractivity contribution is 7.89. The number of carbonyl (C=O) groups excluding carboxylic acids is 1. The maximum absolute atomic E-state index is 13.7. The highest BCUT2D eigenvalue weighted by atomic mass is 32.2. The van der Waals surface area contributed by atoms with Crippen LogP contribution in [0.3, 0.4) is 0 Å². The van der Waals surface area contributed by atoms with Gasteiger partial charge in [0.2, 0.25) is 15.2 Å². The molecule has 208 valence electrons. The number of hydrogen-bond donors (Lipinski definition) is 0. The molecule has 11 nitrogen and oxygen atoms in total. The number of rotatable bonds is 8. The van der Waals surface area contributed by atoms with Gasteiger partial charge in [-0.15, -0.1) is 0 Å². The van der Waals surface area contributed by atoms with Crippen LogP contribution in [0.4, 0.5) is 11.0 Å². The molecule has 1 amide bonds. The first-order valence-electron chi connectivity index (χ1n) is 12.8. The van der Waals surface area contributed by atoms with Crippen molar-refractivity contribution < 1.29 is 22.6 Å². The van der Waals surface area contributed by atoms with Crippen LogP contribution in [0.2, 0.25) is 0 Å². The summed E-state index contributed by atoms with van der Waals surface area (Å²) in [6, 6.07) is 14.0. The number of amides is 1. The minimum Gasteiger partial charge on any atom is -0.400 e. The van der Waals surface area contributed by atoms with E-state index >= 15 is 0 Å². The summed E-state index contributed by atoms with van der Waals surface area (Å²) in [5.74, 6) is -0.929. The molecule has 0 bridgehead atoms. The minimum atomic E-state index is -3.71. The molecule has 40 heavy (non-hydrogen) atoms. The van der Waals surface area contributed by atoms with Gasteiger partial charge in [0.25, 0.3) is 5.91 Å². The molecule has 13 heteroatoms. The lowest BCUT2D eigenvalue weighted by Gasteiger charge is -2.34. The van der Waals surface area contributed by atoms with Crippen LogP contribution in [0.15, 0.2) is 69.0 Å². The third kappa shape index (κ3) is 5.53. The number of hydrogen-bond acceptors (Lipinski definition) is 9. The van der Waals surface area contributed by atoms with Crippen molar-refractivity contribution in [3.8, 4) is 0 Å². The molecule has 1 unspecified atom stereocenters. The molecule has 1 atom stereocenters. The van der Waals surface area contributed by atoms with Crippen LogP contribution in [0, 0.1) is 17.0 Å². The van der Waals surface area contributed by atoms with Gasteiger partial charge in [0, 0.05) is 18.2 Å². The van der Waals surface area contributed by atoms with Gasteiger partial charge < -0.3 is 4.42 Å². The zero-order chi connectivity index (χ0) is 28.4. The number of thiazole rings is 1. The average molecular weight is 582 g/mol. The molecule has 1 fully saturated rings. The number of benzene rings is 2. The summed E-state index contributed by atoms with van der Waals surface area (Å²) in [5.41, 5.74) is 1.91. The normalized spacial score (nSPS) is 16.5. The Balaban J connectivity index is 1.47. The molecule has 1 saturated heterocycles. The molecular weight excluding hydrogens is 554 g/mol. The van der Waals surface area contributed by atoms with E-state index in [-0.39, 0.29) is 27.4 Å². The van der Waals surface area contributed by atoms with Gasteiger partial charge >= 0.3 is 5.88 Å². The van der Waals surface area contributed by atoms with E-state index in [0.29, 0.717) is 12.1 Å². The van der Waals surface area contributed by atoms with Gasteiger partial charge in [-0.05, 0) is 74.2 Å². The molecule has 0 radical (unpaired) electrons. The smallest absolute Gasteiger partial charge is 0.400 e. The van der Waals surface area contributed by atoms with Crippen molar-refractivity contribution in [1.82, 2.24) is 9.29 Å². The van der Waals surface area contributed by atoms with Gasteiger partial charge in [-0.25, -0.2) is 13.4 Å². The molecule has 0 N–H and O–H groups in total. The second-order valence-corrected chi connectivity index (χ2v) is 12.4. The second-order valence-electron chi connectivity index (χ2n) is 9.46. The Bertz CT molecular complexity index is 1690. The molecule has 4 aromatic rings. The van der Waals surface area contributed by atoms with Gasteiger partial charge in [0.15, 0.2) is 5.76 Å². The zero-order valence-corrected chi connectivity index (χ0v) is 23.5. The van der Waals surface area contributed by atoms with Gasteiger partial charge in [-0.2, -0.15) is 14.4 Å². The predicted octanol–water partition coefficient (Wildman–Crippen LogP) is 5.74. The van der Waals surface area contributed by atoms with E-state index < -0.39 is 26.7 Å². The van der Waals surface area contributed by atoms with Crippen molar-refractivity contribution in [2.75, 3.05) is 11.6 Å². The Kier molecular flexibility index (Phi) is 7.79. The summed E-state index contributed by atoms with van der Waals surface area (Å²) < 4.78 is 34.3. The fraction of sp³-hybridized carbons (Fsp3) is 0.296. The number of furan rings is 1. The van der Waals surface area contributed by atoms with Crippen LogP contribution >= 0.6 is 11.3 Å². The van der Waals surface area contributed by atoms with Crippen LogP contribution in [0.25, 0.3) is 10.2 Å². The molecule has 2 aromatic carbocycles. The van der Waals surface area contributed by atoms with Crippen molar-refractivity contribution in [3.05, 3.63) is 81.6 Å². The first kappa shape index (κ1) is 27.6. The van der Waals surface area contributed by atoms with E-state index in [1.807, 2.05) is 32.0 Å². The maximum atomic E-state index is 13.7. The number of nitro groups is 1. The van der Waals surface area contributed by atoms with Gasteiger partial charge in [0.1, 0.15) is 4.92 Å². The summed E-state index contributed by atoms with van der Waals surface area (Å²) in [6.07, 6.45) is 4.59. The number of hydrazone groups is 1. The largest absolute Gasteiger partial charge is 0.433 e. The van der Waals surface area contributed by atoms with Gasteiger partial charge in [-0.3, -0.25) is 14.9 Å². The molecule has 0 saturated carbocycles. The standard InChI is InChI=1S/C27H27N5O6S2/c1-3-20-6-4-5-15-30(20)40(36,37)22-11-8-19(9-12-22)26(33)31(28-17-21-10-14-25(38-21)32(34)35)27-29-23-13-7-18(2)16-24(23)39-27/h7-14,16-17,20H,3-6,15H2,1-2H3/b28-17+. The minimum absolute atomic E-state index is 0.0371. The zero-order valence-electron chi connectivity index (χ0n) is 21.9. The van der Waals surface area contributed by atoms with E-state index in [1.54, 1.807) is 4.31 Å². The SMILES string of the molecule is CCC1CCCCN1S(=O)(=O)c1ccc(C(=O)N(/N=C/c2ccc([N+](=O)[O-])o2)c2nc3ccc(C)cc3s2)cc1. The molecule has 3 heterocycles. The van der Waals surface area contributed by atoms with E-state index in [0.717, 1.165) is 41.0 Å². The van der Waals surface area contributed by atoms with Crippen molar-refractivity contribution >= 4 is 54.7 Å². The van der Waals surface area contributed by atoms with Crippen LogP contribution < -0.4 is 5.01 Å². The maximum Gasteiger partial charge on any atom is 0.433 e. The van der Waals surface area contributed by atoms with Crippen LogP contribution in [0.5, 0.6) is 0 Å². The Morgan fingerprint density at radius 2 is 2.00 bits per heavy atom. The van der Waals surface area contributed by atoms with Crippen LogP contribution in [-0.4, -0.2) is 47.3 Å². The number of sulfonamides is 1. The predicted molar refractivity (Wildman–Crippen MR) is 152 cm³/mol. The Morgan fingerprint density at radius 3 is 2.70 bits per heavy atom. The third-order valence-corrected chi connectivity index (χ3v) is 9.71. The lowest BCUT2D eigenvalue weighted by atomic mass is 10.0. The van der Waals surface area contributed by atoms with Crippen LogP contribution in [-0.2, 0) is 10.0 Å². The van der Waals surface area contributed by atoms with Gasteiger partial charge in [0.05, 0.1) is 27.4 Å². The fourth-order valence-corrected chi connectivity index (χ4v) is 7.44. The number of piperidine rings is 1. The van der Waals surface area contributed by atoms with E-state index in [2.05, 4.69) is 10.1 Å². The number of anilines is 1. The summed E-state index contributed by atoms with van der Waals surface area (Å²) in [6.45, 7) is 4.41. The summed E-state index contributed by atoms with van der Waals surface area (Å²) in [7, 11) is -3.71. The Morgan fingerprint density at radius 1 is 1.23 bits per heavy atom. The van der Waals surface area contributed by atoms with Crippen LogP contribution in [0.1, 0.15) is 54.3 Å². The summed E-state index contributed by atoms with van der Waals surface area (Å²) in [5, 5.41) is 16.6. The number of carbonyl (C=O) groups is 1. The topological polar surface area (TPSA) is 139 Å². The first-order valence-corrected chi connectivity index (χ1v) is 15.0. The second kappa shape index (κ2) is 11.3. The molecular formula is C27H27N5O6S2. The Hall–Kier alpha value is -3.94. The van der Waals surface area contributed by atoms with Crippen molar-refractivity contribution in [2.24, 2.45) is 5.10 Å². The Labute approximate surface area is 234 Å². The lowest BCUT2D eigenvalue weighted by molar-refractivity contribution is -0.402. The molecule has 1 aliphatic heterocycles. The fourth-order valence-electron chi connectivity index (χ4n) is 4.65. The summed E-state index contributed by atoms with van der Waals surface area (Å²) >= 11 is 1.26. The number of nitrogens with zero attached hydrogens (tertiary/aromatic N) is 5. The molecule has 1 aliphatic rings. The number of fused-ring (bicyclic) bond motifs is 1. The summed E-state index contributed by atoms with van der Waals surface area (Å²) in [4.78, 5) is 28.6. The van der Waals surface area contributed by atoms with E-state index in [9.17, 15) is 23.3 Å². The van der Waals surface area contributed by atoms with Crippen molar-refractivity contribution in [3.63, 3.8) is 0 Å². The highest BCUT2D eigenvalue weighted by Gasteiger charge is 2.32. The van der Waals surface area contributed by atoms with Crippen molar-refractivity contribution in [2.45, 2.75) is 50.5 Å². The molecule has 5 rings (SSSR count). The highest BCUT2D eigenvalue weighted by Crippen LogP contribution is 2.32. The average Bonchev–Trinajstić information content (AvgIpc) is 3.60. The molecule has 2 aromatic heterocycles. The van der Waals surface area contributed by atoms with Crippen molar-refractivity contribution in [1.29, 1.82) is 0 Å². The van der Waals surface area contributed by atoms with E-state index in [1.165, 1.54) is 53.9 Å². The van der Waals surface area contributed by atoms with E-state index in [4.69, 9.17) is 4.42 Å². The number of aryl methyl sites for hydroxylation is 1. The third-order valence-electron chi connectivity index (χ3n) is 6.75. The first-order chi connectivity index (χ1) is 19.2. The lowest BCUT2D eigenvalue weighted by Crippen LogP contribution is -2.43. The molecule has 0 aliphatic carbocycles. The quantitative estimate of drug-likeness (QED) is 0.147. The molecule has 0 spiro atoms. The monoisotopic (exact) mass is 581 g/mol. The van der Waals surface area contributed by atoms with Gasteiger partial charge in [-0.1, -0.05) is 30.7 Å².